The van der Waals surface area contributed by atoms with Crippen molar-refractivity contribution in [3.63, 3.8) is 0 Å². The summed E-state index contributed by atoms with van der Waals surface area (Å²) < 4.78 is 1.35. The molecule has 3 aliphatic rings. The second-order valence-electron chi connectivity index (χ2n) is 8.83. The van der Waals surface area contributed by atoms with Crippen LogP contribution in [0.5, 0.6) is 0 Å². The molecule has 0 aromatic carbocycles. The number of likely N-dealkylation sites (tertiary alicyclic amines) is 3. The van der Waals surface area contributed by atoms with Crippen LogP contribution in [-0.4, -0.2) is 86.9 Å². The normalized spacial score (nSPS) is 20.9. The van der Waals surface area contributed by atoms with E-state index < -0.39 is 0 Å². The number of rotatable bonds is 5. The van der Waals surface area contributed by atoms with E-state index in [9.17, 15) is 14.4 Å². The zero-order valence-electron chi connectivity index (χ0n) is 17.1. The van der Waals surface area contributed by atoms with E-state index in [1.165, 1.54) is 23.7 Å². The molecule has 9 nitrogen and oxygen atoms in total. The Morgan fingerprint density at radius 2 is 1.73 bits per heavy atom. The van der Waals surface area contributed by atoms with Crippen molar-refractivity contribution in [2.75, 3.05) is 45.8 Å². The van der Waals surface area contributed by atoms with Crippen LogP contribution in [0.25, 0.3) is 5.65 Å². The Balaban J connectivity index is 1.08. The molecule has 2 aromatic heterocycles. The Bertz CT molecular complexity index is 996. The van der Waals surface area contributed by atoms with E-state index in [4.69, 9.17) is 0 Å². The number of amides is 2. The zero-order chi connectivity index (χ0) is 20.7. The van der Waals surface area contributed by atoms with Crippen molar-refractivity contribution in [2.24, 2.45) is 11.8 Å². The number of nitrogens with one attached hydrogen (secondary N) is 1. The molecule has 3 aliphatic heterocycles. The minimum absolute atomic E-state index is 0.0929. The molecule has 0 unspecified atom stereocenters. The summed E-state index contributed by atoms with van der Waals surface area (Å²) in [5.74, 6) is 1.10. The summed E-state index contributed by atoms with van der Waals surface area (Å²) in [5, 5.41) is 6.36. The first-order valence-electron chi connectivity index (χ1n) is 11.0. The lowest BCUT2D eigenvalue weighted by molar-refractivity contribution is -0.141. The van der Waals surface area contributed by atoms with Crippen LogP contribution in [0.1, 0.15) is 36.0 Å². The van der Waals surface area contributed by atoms with Gasteiger partial charge in [-0.2, -0.15) is 5.10 Å². The Kier molecular flexibility index (Phi) is 5.06. The van der Waals surface area contributed by atoms with Crippen LogP contribution >= 0.6 is 0 Å². The number of carbonyl (C=O) groups is 2. The van der Waals surface area contributed by atoms with Gasteiger partial charge in [0.25, 0.3) is 5.91 Å². The van der Waals surface area contributed by atoms with Gasteiger partial charge >= 0.3 is 5.69 Å². The first-order valence-corrected chi connectivity index (χ1v) is 11.0. The van der Waals surface area contributed by atoms with E-state index >= 15 is 0 Å². The average Bonchev–Trinajstić information content (AvgIpc) is 3.08. The van der Waals surface area contributed by atoms with Crippen LogP contribution in [0.2, 0.25) is 0 Å². The summed E-state index contributed by atoms with van der Waals surface area (Å²) in [6.45, 7) is 6.17. The molecule has 3 fully saturated rings. The van der Waals surface area contributed by atoms with Gasteiger partial charge in [0.1, 0.15) is 0 Å². The van der Waals surface area contributed by atoms with Crippen molar-refractivity contribution in [3.8, 4) is 0 Å². The van der Waals surface area contributed by atoms with Gasteiger partial charge in [-0.15, -0.1) is 0 Å². The second kappa shape index (κ2) is 7.86. The summed E-state index contributed by atoms with van der Waals surface area (Å²) in [7, 11) is 0. The van der Waals surface area contributed by atoms with Gasteiger partial charge < -0.3 is 14.7 Å². The Morgan fingerprint density at radius 1 is 1.03 bits per heavy atom. The van der Waals surface area contributed by atoms with Gasteiger partial charge in [-0.3, -0.25) is 9.59 Å². The van der Waals surface area contributed by atoms with Crippen molar-refractivity contribution in [2.45, 2.75) is 25.7 Å². The van der Waals surface area contributed by atoms with Crippen LogP contribution in [0.15, 0.2) is 23.1 Å². The van der Waals surface area contributed by atoms with Crippen LogP contribution in [0, 0.1) is 11.8 Å². The SMILES string of the molecule is O=C(CCN1CCCCC1)N1CC(C2CN(C(=O)c3cccn4c(=O)[nH]nc34)C2)C1. The summed E-state index contributed by atoms with van der Waals surface area (Å²) >= 11 is 0. The van der Waals surface area contributed by atoms with Gasteiger partial charge in [-0.1, -0.05) is 6.42 Å². The van der Waals surface area contributed by atoms with E-state index in [0.29, 0.717) is 42.6 Å². The molecule has 0 bridgehead atoms. The summed E-state index contributed by atoms with van der Waals surface area (Å²) in [6, 6.07) is 3.39. The van der Waals surface area contributed by atoms with Crippen molar-refractivity contribution in [3.05, 3.63) is 34.4 Å². The second-order valence-corrected chi connectivity index (χ2v) is 8.83. The number of nitrogens with zero attached hydrogens (tertiary/aromatic N) is 5. The van der Waals surface area contributed by atoms with Gasteiger partial charge in [0, 0.05) is 57.2 Å². The van der Waals surface area contributed by atoms with Crippen molar-refractivity contribution < 1.29 is 9.59 Å². The fraction of sp³-hybridized carbons (Fsp3) is 0.619. The molecule has 0 saturated carbocycles. The highest BCUT2D eigenvalue weighted by molar-refractivity contribution is 6.00. The predicted octanol–water partition coefficient (Wildman–Crippen LogP) is 0.429. The highest BCUT2D eigenvalue weighted by Gasteiger charge is 2.43. The van der Waals surface area contributed by atoms with Crippen molar-refractivity contribution >= 4 is 17.5 Å². The van der Waals surface area contributed by atoms with E-state index in [1.54, 1.807) is 23.2 Å². The average molecular weight is 412 g/mol. The fourth-order valence-corrected chi connectivity index (χ4v) is 4.86. The molecular weight excluding hydrogens is 384 g/mol. The molecule has 9 heteroatoms. The molecule has 2 aromatic rings. The molecule has 0 spiro atoms. The number of pyridine rings is 1. The van der Waals surface area contributed by atoms with E-state index in [1.807, 2.05) is 4.90 Å². The van der Waals surface area contributed by atoms with Gasteiger partial charge in [-0.25, -0.2) is 14.3 Å². The maximum absolute atomic E-state index is 12.8. The van der Waals surface area contributed by atoms with Crippen molar-refractivity contribution in [1.29, 1.82) is 0 Å². The molecule has 3 saturated heterocycles. The predicted molar refractivity (Wildman–Crippen MR) is 110 cm³/mol. The smallest absolute Gasteiger partial charge is 0.342 e. The number of aromatic amines is 1. The fourth-order valence-electron chi connectivity index (χ4n) is 4.86. The van der Waals surface area contributed by atoms with Crippen LogP contribution in [0.3, 0.4) is 0 Å². The number of hydrogen-bond donors (Lipinski definition) is 1. The molecular formula is C21H28N6O3. The zero-order valence-corrected chi connectivity index (χ0v) is 17.1. The lowest BCUT2D eigenvalue weighted by Crippen LogP contribution is -2.61. The van der Waals surface area contributed by atoms with Gasteiger partial charge in [0.05, 0.1) is 5.56 Å². The summed E-state index contributed by atoms with van der Waals surface area (Å²) in [6.07, 6.45) is 6.04. The standard InChI is InChI=1S/C21H28N6O3/c28-18(6-10-24-7-2-1-3-8-24)25-11-15(12-25)16-13-26(14-16)20(29)17-5-4-9-27-19(17)22-23-21(27)30/h4-5,9,15-16H,1-3,6-8,10-14H2,(H,23,30). The molecule has 1 N–H and O–H groups in total. The quantitative estimate of drug-likeness (QED) is 0.769. The molecule has 30 heavy (non-hydrogen) atoms. The largest absolute Gasteiger partial charge is 0.347 e. The minimum atomic E-state index is -0.347. The van der Waals surface area contributed by atoms with Crippen molar-refractivity contribution in [1.82, 2.24) is 29.3 Å². The number of fused-ring (bicyclic) bond motifs is 1. The molecule has 160 valence electrons. The van der Waals surface area contributed by atoms with Gasteiger partial charge in [0.2, 0.25) is 5.91 Å². The van der Waals surface area contributed by atoms with Crippen LogP contribution < -0.4 is 5.69 Å². The molecule has 0 aliphatic carbocycles. The Labute approximate surface area is 174 Å². The monoisotopic (exact) mass is 412 g/mol. The molecule has 2 amide bonds. The summed E-state index contributed by atoms with van der Waals surface area (Å²) in [5.41, 5.74) is 0.461. The highest BCUT2D eigenvalue weighted by Crippen LogP contribution is 2.32. The summed E-state index contributed by atoms with van der Waals surface area (Å²) in [4.78, 5) is 43.1. The maximum Gasteiger partial charge on any atom is 0.347 e. The topological polar surface area (TPSA) is 94.0 Å². The lowest BCUT2D eigenvalue weighted by Gasteiger charge is -2.50. The van der Waals surface area contributed by atoms with E-state index in [0.717, 1.165) is 32.7 Å². The van der Waals surface area contributed by atoms with E-state index in [2.05, 4.69) is 15.1 Å². The number of carbonyl (C=O) groups excluding carboxylic acids is 2. The first-order chi connectivity index (χ1) is 14.6. The first kappa shape index (κ1) is 19.3. The Morgan fingerprint density at radius 3 is 2.47 bits per heavy atom. The number of hydrogen-bond acceptors (Lipinski definition) is 5. The number of piperidine rings is 1. The molecule has 0 atom stereocenters. The van der Waals surface area contributed by atoms with Gasteiger partial charge in [0.15, 0.2) is 5.65 Å². The Hall–Kier alpha value is -2.68. The van der Waals surface area contributed by atoms with Crippen LogP contribution in [-0.2, 0) is 4.79 Å². The molecule has 5 rings (SSSR count). The third-order valence-corrected chi connectivity index (χ3v) is 6.89. The maximum atomic E-state index is 12.8. The minimum Gasteiger partial charge on any atom is -0.342 e. The lowest BCUT2D eigenvalue weighted by atomic mass is 9.80. The van der Waals surface area contributed by atoms with Gasteiger partial charge in [-0.05, 0) is 38.1 Å². The number of H-pyrrole nitrogens is 1. The molecule has 0 radical (unpaired) electrons. The number of aromatic nitrogens is 3. The highest BCUT2D eigenvalue weighted by atomic mass is 16.2. The molecule has 5 heterocycles. The van der Waals surface area contributed by atoms with E-state index in [-0.39, 0.29) is 17.5 Å². The third-order valence-electron chi connectivity index (χ3n) is 6.89. The van der Waals surface area contributed by atoms with Crippen LogP contribution in [0.4, 0.5) is 0 Å². The third kappa shape index (κ3) is 3.51.